The summed E-state index contributed by atoms with van der Waals surface area (Å²) in [5.41, 5.74) is 13.3. The Balaban J connectivity index is 2.81. The zero-order chi connectivity index (χ0) is 8.27. The molecule has 0 radical (unpaired) electrons. The maximum Gasteiger partial charge on any atom is 0.0314 e. The van der Waals surface area contributed by atoms with Crippen molar-refractivity contribution in [3.8, 4) is 0 Å². The van der Waals surface area contributed by atoms with Crippen molar-refractivity contribution in [2.45, 2.75) is 19.4 Å². The van der Waals surface area contributed by atoms with Crippen LogP contribution in [0.15, 0.2) is 24.3 Å². The molecule has 0 saturated carbocycles. The van der Waals surface area contributed by atoms with Gasteiger partial charge in [-0.1, -0.05) is 19.1 Å². The Morgan fingerprint density at radius 2 is 1.82 bits per heavy atom. The molecule has 1 rings (SSSR count). The summed E-state index contributed by atoms with van der Waals surface area (Å²) in [6.45, 7) is 2.07. The lowest BCUT2D eigenvalue weighted by atomic mass is 10.1. The van der Waals surface area contributed by atoms with Crippen molar-refractivity contribution in [3.63, 3.8) is 0 Å². The van der Waals surface area contributed by atoms with E-state index in [2.05, 4.69) is 6.92 Å². The highest BCUT2D eigenvalue weighted by molar-refractivity contribution is 5.39. The fraction of sp³-hybridized carbons (Fsp3) is 0.333. The molecule has 4 N–H and O–H groups in total. The van der Waals surface area contributed by atoms with Gasteiger partial charge in [0.25, 0.3) is 0 Å². The van der Waals surface area contributed by atoms with Gasteiger partial charge < -0.3 is 11.5 Å². The van der Waals surface area contributed by atoms with Crippen LogP contribution >= 0.6 is 0 Å². The second-order valence-electron chi connectivity index (χ2n) is 2.68. The average molecular weight is 150 g/mol. The summed E-state index contributed by atoms with van der Waals surface area (Å²) in [7, 11) is 0. The number of hydrogen-bond acceptors (Lipinski definition) is 2. The van der Waals surface area contributed by atoms with Gasteiger partial charge in [0.2, 0.25) is 0 Å². The quantitative estimate of drug-likeness (QED) is 0.630. The number of rotatable bonds is 2. The Morgan fingerprint density at radius 1 is 1.27 bits per heavy atom. The Labute approximate surface area is 67.2 Å². The zero-order valence-corrected chi connectivity index (χ0v) is 6.75. The molecule has 0 bridgehead atoms. The lowest BCUT2D eigenvalue weighted by Gasteiger charge is -2.08. The van der Waals surface area contributed by atoms with Crippen LogP contribution in [-0.4, -0.2) is 0 Å². The van der Waals surface area contributed by atoms with E-state index >= 15 is 0 Å². The number of hydrogen-bond donors (Lipinski definition) is 2. The Bertz CT molecular complexity index is 216. The smallest absolute Gasteiger partial charge is 0.0314 e. The first kappa shape index (κ1) is 8.08. The minimum Gasteiger partial charge on any atom is -0.399 e. The van der Waals surface area contributed by atoms with Crippen molar-refractivity contribution in [1.82, 2.24) is 0 Å². The van der Waals surface area contributed by atoms with E-state index in [0.29, 0.717) is 0 Å². The number of nitrogen functional groups attached to an aromatic ring is 1. The number of anilines is 1. The maximum absolute atomic E-state index is 5.80. The minimum absolute atomic E-state index is 0.149. The summed E-state index contributed by atoms with van der Waals surface area (Å²) in [5.74, 6) is 0. The van der Waals surface area contributed by atoms with Gasteiger partial charge in [0.15, 0.2) is 0 Å². The first-order valence-electron chi connectivity index (χ1n) is 3.85. The van der Waals surface area contributed by atoms with Gasteiger partial charge in [-0.15, -0.1) is 0 Å². The van der Waals surface area contributed by atoms with E-state index in [9.17, 15) is 0 Å². The van der Waals surface area contributed by atoms with Crippen LogP contribution in [0.5, 0.6) is 0 Å². The molecule has 0 aliphatic carbocycles. The molecular weight excluding hydrogens is 136 g/mol. The molecule has 0 saturated heterocycles. The SMILES string of the molecule is CC[C@H](N)c1ccc(N)cc1. The van der Waals surface area contributed by atoms with Crippen LogP contribution in [0.2, 0.25) is 0 Å². The van der Waals surface area contributed by atoms with Gasteiger partial charge in [0, 0.05) is 11.7 Å². The number of nitrogens with two attached hydrogens (primary N) is 2. The molecule has 2 nitrogen and oxygen atoms in total. The lowest BCUT2D eigenvalue weighted by Crippen LogP contribution is -2.08. The van der Waals surface area contributed by atoms with Crippen molar-refractivity contribution in [2.24, 2.45) is 5.73 Å². The van der Waals surface area contributed by atoms with Crippen LogP contribution in [0.3, 0.4) is 0 Å². The second-order valence-corrected chi connectivity index (χ2v) is 2.68. The van der Waals surface area contributed by atoms with Crippen LogP contribution < -0.4 is 11.5 Å². The largest absolute Gasteiger partial charge is 0.399 e. The number of benzene rings is 1. The minimum atomic E-state index is 0.149. The van der Waals surface area contributed by atoms with Gasteiger partial charge in [0.05, 0.1) is 0 Å². The summed E-state index contributed by atoms with van der Waals surface area (Å²) in [5, 5.41) is 0. The molecular formula is C9H14N2. The van der Waals surface area contributed by atoms with Gasteiger partial charge in [-0.2, -0.15) is 0 Å². The molecule has 60 valence electrons. The van der Waals surface area contributed by atoms with Crippen LogP contribution in [0.4, 0.5) is 5.69 Å². The van der Waals surface area contributed by atoms with Gasteiger partial charge in [-0.3, -0.25) is 0 Å². The third-order valence-corrected chi connectivity index (χ3v) is 1.80. The van der Waals surface area contributed by atoms with E-state index in [1.165, 1.54) is 0 Å². The summed E-state index contributed by atoms with van der Waals surface area (Å²) in [6, 6.07) is 7.86. The Hall–Kier alpha value is -1.02. The third kappa shape index (κ3) is 1.95. The molecule has 0 amide bonds. The van der Waals surface area contributed by atoms with E-state index in [-0.39, 0.29) is 6.04 Å². The average Bonchev–Trinajstić information content (AvgIpc) is 2.05. The van der Waals surface area contributed by atoms with Crippen molar-refractivity contribution < 1.29 is 0 Å². The summed E-state index contributed by atoms with van der Waals surface area (Å²) >= 11 is 0. The molecule has 0 aromatic heterocycles. The monoisotopic (exact) mass is 150 g/mol. The van der Waals surface area contributed by atoms with E-state index < -0.39 is 0 Å². The molecule has 1 aromatic rings. The molecule has 0 aliphatic rings. The van der Waals surface area contributed by atoms with Crippen molar-refractivity contribution in [2.75, 3.05) is 5.73 Å². The van der Waals surface area contributed by atoms with E-state index in [1.54, 1.807) is 0 Å². The second kappa shape index (κ2) is 3.39. The predicted octanol–water partition coefficient (Wildman–Crippen LogP) is 1.68. The highest BCUT2D eigenvalue weighted by Crippen LogP contribution is 2.14. The van der Waals surface area contributed by atoms with E-state index in [1.807, 2.05) is 24.3 Å². The van der Waals surface area contributed by atoms with Crippen LogP contribution in [0, 0.1) is 0 Å². The fourth-order valence-electron chi connectivity index (χ4n) is 0.979. The Morgan fingerprint density at radius 3 is 2.27 bits per heavy atom. The van der Waals surface area contributed by atoms with E-state index in [4.69, 9.17) is 11.5 Å². The van der Waals surface area contributed by atoms with Gasteiger partial charge in [-0.25, -0.2) is 0 Å². The maximum atomic E-state index is 5.80. The molecule has 0 heterocycles. The third-order valence-electron chi connectivity index (χ3n) is 1.80. The fourth-order valence-corrected chi connectivity index (χ4v) is 0.979. The lowest BCUT2D eigenvalue weighted by molar-refractivity contribution is 0.699. The topological polar surface area (TPSA) is 52.0 Å². The van der Waals surface area contributed by atoms with E-state index in [0.717, 1.165) is 17.7 Å². The molecule has 0 spiro atoms. The highest BCUT2D eigenvalue weighted by Gasteiger charge is 2.00. The van der Waals surface area contributed by atoms with Crippen molar-refractivity contribution in [3.05, 3.63) is 29.8 Å². The molecule has 2 heteroatoms. The predicted molar refractivity (Wildman–Crippen MR) is 48.1 cm³/mol. The van der Waals surface area contributed by atoms with Crippen LogP contribution in [0.1, 0.15) is 24.9 Å². The van der Waals surface area contributed by atoms with Gasteiger partial charge >= 0.3 is 0 Å². The van der Waals surface area contributed by atoms with Crippen molar-refractivity contribution >= 4 is 5.69 Å². The highest BCUT2D eigenvalue weighted by atomic mass is 14.6. The molecule has 0 unspecified atom stereocenters. The first-order chi connectivity index (χ1) is 5.24. The first-order valence-corrected chi connectivity index (χ1v) is 3.85. The van der Waals surface area contributed by atoms with Crippen LogP contribution in [-0.2, 0) is 0 Å². The van der Waals surface area contributed by atoms with Gasteiger partial charge in [0.1, 0.15) is 0 Å². The molecule has 0 aliphatic heterocycles. The molecule has 1 aromatic carbocycles. The normalized spacial score (nSPS) is 12.9. The summed E-state index contributed by atoms with van der Waals surface area (Å²) in [6.07, 6.45) is 0.962. The molecule has 11 heavy (non-hydrogen) atoms. The summed E-state index contributed by atoms with van der Waals surface area (Å²) < 4.78 is 0. The summed E-state index contributed by atoms with van der Waals surface area (Å²) in [4.78, 5) is 0. The standard InChI is InChI=1S/C9H14N2/c1-2-9(11)7-3-5-8(10)6-4-7/h3-6,9H,2,10-11H2,1H3/t9-/m0/s1. The van der Waals surface area contributed by atoms with Crippen molar-refractivity contribution in [1.29, 1.82) is 0 Å². The zero-order valence-electron chi connectivity index (χ0n) is 6.75. The van der Waals surface area contributed by atoms with Crippen LogP contribution in [0.25, 0.3) is 0 Å². The van der Waals surface area contributed by atoms with Gasteiger partial charge in [-0.05, 0) is 24.1 Å². The molecule has 1 atom stereocenters. The Kier molecular flexibility index (Phi) is 2.49. The molecule has 0 fully saturated rings.